The van der Waals surface area contributed by atoms with Crippen molar-refractivity contribution in [2.75, 3.05) is 12.0 Å². The minimum Gasteiger partial charge on any atom is -0.480 e. The summed E-state index contributed by atoms with van der Waals surface area (Å²) in [6.45, 7) is 0. The number of primary amides is 1. The Bertz CT molecular complexity index is 1360. The molecule has 15 heteroatoms. The van der Waals surface area contributed by atoms with Crippen LogP contribution in [0.4, 0.5) is 0 Å². The van der Waals surface area contributed by atoms with Crippen LogP contribution in [0.2, 0.25) is 0 Å². The van der Waals surface area contributed by atoms with E-state index in [1.54, 1.807) is 6.20 Å². The molecule has 2 heterocycles. The fourth-order valence-electron chi connectivity index (χ4n) is 4.18. The number of aromatic nitrogens is 3. The van der Waals surface area contributed by atoms with Gasteiger partial charge in [-0.05, 0) is 30.1 Å². The van der Waals surface area contributed by atoms with Crippen LogP contribution in [0.15, 0.2) is 43.0 Å². The minimum atomic E-state index is -1.29. The molecule has 0 radical (unpaired) electrons. The van der Waals surface area contributed by atoms with Crippen LogP contribution < -0.4 is 27.4 Å². The summed E-state index contributed by atoms with van der Waals surface area (Å²) in [6, 6.07) is 2.56. The predicted molar refractivity (Wildman–Crippen MR) is 153 cm³/mol. The number of fused-ring (bicyclic) bond motifs is 1. The van der Waals surface area contributed by atoms with Gasteiger partial charge in [-0.3, -0.25) is 19.2 Å². The van der Waals surface area contributed by atoms with Gasteiger partial charge in [0.1, 0.15) is 18.1 Å². The lowest BCUT2D eigenvalue weighted by Crippen LogP contribution is -2.58. The van der Waals surface area contributed by atoms with Crippen molar-refractivity contribution in [1.82, 2.24) is 30.9 Å². The number of carbonyl (C=O) groups is 5. The second kappa shape index (κ2) is 14.9. The standard InChI is InChI=1S/C26H34N8O6S/c1-41-7-6-19(32-23(36)17(27)10-22(28)35)24(37)33-20(9-15-12-29-13-31-15)25(38)34-21(26(39)40)8-14-11-30-18-5-3-2-4-16(14)18/h2-5,11-13,17,19-21,30H,6-10,27H2,1H3,(H2,28,35)(H,29,31)(H,32,36)(H,33,37)(H,34,38)(H,39,40). The van der Waals surface area contributed by atoms with Gasteiger partial charge in [0.05, 0.1) is 18.8 Å². The number of carbonyl (C=O) groups excluding carboxylic acids is 4. The van der Waals surface area contributed by atoms with E-state index in [0.717, 1.165) is 10.9 Å². The number of amides is 4. The molecule has 10 N–H and O–H groups in total. The third-order valence-electron chi connectivity index (χ3n) is 6.33. The molecule has 220 valence electrons. The van der Waals surface area contributed by atoms with Crippen LogP contribution in [0.5, 0.6) is 0 Å². The Morgan fingerprint density at radius 2 is 1.66 bits per heavy atom. The summed E-state index contributed by atoms with van der Waals surface area (Å²) in [4.78, 5) is 72.4. The Kier molecular flexibility index (Phi) is 11.3. The molecule has 0 saturated heterocycles. The molecule has 0 aliphatic heterocycles. The average Bonchev–Trinajstić information content (AvgIpc) is 3.59. The highest BCUT2D eigenvalue weighted by molar-refractivity contribution is 7.98. The Balaban J connectivity index is 1.77. The van der Waals surface area contributed by atoms with Gasteiger partial charge in [-0.15, -0.1) is 0 Å². The summed E-state index contributed by atoms with van der Waals surface area (Å²) in [5, 5.41) is 18.4. The minimum absolute atomic E-state index is 0.0000321. The number of aromatic amines is 2. The molecule has 4 amide bonds. The third kappa shape index (κ3) is 9.08. The number of nitrogens with one attached hydrogen (secondary N) is 5. The van der Waals surface area contributed by atoms with Crippen LogP contribution in [0.3, 0.4) is 0 Å². The smallest absolute Gasteiger partial charge is 0.326 e. The number of nitrogens with two attached hydrogens (primary N) is 2. The van der Waals surface area contributed by atoms with E-state index in [-0.39, 0.29) is 19.3 Å². The summed E-state index contributed by atoms with van der Waals surface area (Å²) in [5.41, 5.74) is 12.9. The molecule has 3 rings (SSSR count). The lowest BCUT2D eigenvalue weighted by atomic mass is 10.0. The fourth-order valence-corrected chi connectivity index (χ4v) is 4.65. The topological polar surface area (TPSA) is 238 Å². The van der Waals surface area contributed by atoms with Crippen molar-refractivity contribution in [3.05, 3.63) is 54.2 Å². The van der Waals surface area contributed by atoms with Gasteiger partial charge in [0.2, 0.25) is 23.6 Å². The van der Waals surface area contributed by atoms with E-state index < -0.39 is 60.2 Å². The third-order valence-corrected chi connectivity index (χ3v) is 6.97. The van der Waals surface area contributed by atoms with Gasteiger partial charge >= 0.3 is 5.97 Å². The van der Waals surface area contributed by atoms with Crippen LogP contribution >= 0.6 is 11.8 Å². The van der Waals surface area contributed by atoms with E-state index in [2.05, 4.69) is 30.9 Å². The van der Waals surface area contributed by atoms with Crippen LogP contribution in [0, 0.1) is 0 Å². The molecule has 4 atom stereocenters. The van der Waals surface area contributed by atoms with Crippen LogP contribution in [0.25, 0.3) is 10.9 Å². The second-order valence-corrected chi connectivity index (χ2v) is 10.4. The molecule has 0 fully saturated rings. The number of benzene rings is 1. The first-order valence-corrected chi connectivity index (χ1v) is 14.2. The molecule has 0 saturated carbocycles. The number of nitrogens with zero attached hydrogens (tertiary/aromatic N) is 1. The number of carboxylic acids is 1. The van der Waals surface area contributed by atoms with Gasteiger partial charge in [0.15, 0.2) is 0 Å². The molecule has 4 unspecified atom stereocenters. The zero-order chi connectivity index (χ0) is 29.9. The number of imidazole rings is 1. The van der Waals surface area contributed by atoms with E-state index in [1.807, 2.05) is 30.5 Å². The van der Waals surface area contributed by atoms with E-state index in [1.165, 1.54) is 24.3 Å². The maximum atomic E-state index is 13.4. The first-order valence-electron chi connectivity index (χ1n) is 12.8. The fraction of sp³-hybridized carbons (Fsp3) is 0.385. The summed E-state index contributed by atoms with van der Waals surface area (Å²) < 4.78 is 0. The molecule has 1 aromatic carbocycles. The highest BCUT2D eigenvalue weighted by Gasteiger charge is 2.31. The predicted octanol–water partition coefficient (Wildman–Crippen LogP) is -0.829. The quantitative estimate of drug-likeness (QED) is 0.104. The van der Waals surface area contributed by atoms with Crippen molar-refractivity contribution in [3.8, 4) is 0 Å². The molecular weight excluding hydrogens is 552 g/mol. The highest BCUT2D eigenvalue weighted by atomic mass is 32.2. The molecule has 0 aliphatic carbocycles. The largest absolute Gasteiger partial charge is 0.480 e. The van der Waals surface area contributed by atoms with Crippen molar-refractivity contribution >= 4 is 52.3 Å². The molecule has 2 aromatic heterocycles. The van der Waals surface area contributed by atoms with Crippen molar-refractivity contribution < 1.29 is 29.1 Å². The number of hydrogen-bond acceptors (Lipinski definition) is 8. The highest BCUT2D eigenvalue weighted by Crippen LogP contribution is 2.19. The maximum absolute atomic E-state index is 13.4. The van der Waals surface area contributed by atoms with Gasteiger partial charge in [-0.25, -0.2) is 9.78 Å². The monoisotopic (exact) mass is 586 g/mol. The number of para-hydroxylation sites is 1. The lowest BCUT2D eigenvalue weighted by molar-refractivity contribution is -0.142. The van der Waals surface area contributed by atoms with Gasteiger partial charge in [0.25, 0.3) is 0 Å². The summed E-state index contributed by atoms with van der Waals surface area (Å²) >= 11 is 1.44. The number of carboxylic acid groups (broad SMARTS) is 1. The van der Waals surface area contributed by atoms with Gasteiger partial charge in [-0.1, -0.05) is 18.2 Å². The lowest BCUT2D eigenvalue weighted by Gasteiger charge is -2.25. The first-order chi connectivity index (χ1) is 19.6. The van der Waals surface area contributed by atoms with E-state index in [9.17, 15) is 29.1 Å². The Labute approximate surface area is 239 Å². The number of thioether (sulfide) groups is 1. The Morgan fingerprint density at radius 3 is 2.32 bits per heavy atom. The van der Waals surface area contributed by atoms with E-state index >= 15 is 0 Å². The molecule has 14 nitrogen and oxygen atoms in total. The van der Waals surface area contributed by atoms with Crippen molar-refractivity contribution in [2.45, 2.75) is 49.9 Å². The van der Waals surface area contributed by atoms with Crippen LogP contribution in [0.1, 0.15) is 24.1 Å². The van der Waals surface area contributed by atoms with Gasteiger partial charge < -0.3 is 42.5 Å². The van der Waals surface area contributed by atoms with Gasteiger partial charge in [-0.2, -0.15) is 11.8 Å². The Hall–Kier alpha value is -4.37. The van der Waals surface area contributed by atoms with Crippen molar-refractivity contribution in [2.24, 2.45) is 11.5 Å². The Morgan fingerprint density at radius 1 is 0.976 bits per heavy atom. The second-order valence-electron chi connectivity index (χ2n) is 9.42. The summed E-state index contributed by atoms with van der Waals surface area (Å²) in [7, 11) is 0. The summed E-state index contributed by atoms with van der Waals surface area (Å²) in [5.74, 6) is -3.68. The number of H-pyrrole nitrogens is 2. The number of aliphatic carboxylic acids is 1. The van der Waals surface area contributed by atoms with Crippen LogP contribution in [-0.2, 0) is 36.8 Å². The summed E-state index contributed by atoms with van der Waals surface area (Å²) in [6.07, 6.45) is 6.18. The SMILES string of the molecule is CSCCC(NC(=O)C(N)CC(N)=O)C(=O)NC(Cc1cnc[nH]1)C(=O)NC(Cc1c[nH]c2ccccc12)C(=O)O. The average molecular weight is 587 g/mol. The van der Waals surface area contributed by atoms with Gasteiger partial charge in [0, 0.05) is 41.8 Å². The zero-order valence-corrected chi connectivity index (χ0v) is 23.2. The molecule has 0 spiro atoms. The number of rotatable bonds is 16. The molecular formula is C26H34N8O6S. The van der Waals surface area contributed by atoms with E-state index in [0.29, 0.717) is 17.0 Å². The van der Waals surface area contributed by atoms with Crippen molar-refractivity contribution in [3.63, 3.8) is 0 Å². The molecule has 0 aliphatic rings. The molecule has 41 heavy (non-hydrogen) atoms. The maximum Gasteiger partial charge on any atom is 0.326 e. The number of hydrogen-bond donors (Lipinski definition) is 8. The zero-order valence-electron chi connectivity index (χ0n) is 22.4. The van der Waals surface area contributed by atoms with E-state index in [4.69, 9.17) is 11.5 Å². The van der Waals surface area contributed by atoms with Crippen LogP contribution in [-0.4, -0.2) is 85.8 Å². The molecule has 0 bridgehead atoms. The van der Waals surface area contributed by atoms with Crippen molar-refractivity contribution in [1.29, 1.82) is 0 Å². The first kappa shape index (κ1) is 31.2. The molecule has 3 aromatic rings. The normalized spacial score (nSPS) is 14.0.